The molecule has 0 fully saturated rings. The first-order valence-electron chi connectivity index (χ1n) is 18.7. The average molecular weight is 704 g/mol. The van der Waals surface area contributed by atoms with Gasteiger partial charge in [0.05, 0.1) is 0 Å². The second-order valence-electron chi connectivity index (χ2n) is 14.1. The van der Waals surface area contributed by atoms with Gasteiger partial charge in [0.25, 0.3) is 0 Å². The smallest absolute Gasteiger partial charge is 0.143 e. The number of hydrogen-bond donors (Lipinski definition) is 0. The predicted molar refractivity (Wildman–Crippen MR) is 229 cm³/mol. The first-order chi connectivity index (χ1) is 27.2. The van der Waals surface area contributed by atoms with E-state index in [1.807, 2.05) is 12.1 Å². The van der Waals surface area contributed by atoms with Gasteiger partial charge in [-0.1, -0.05) is 133 Å². The molecule has 0 saturated carbocycles. The summed E-state index contributed by atoms with van der Waals surface area (Å²) in [5, 5.41) is 6.86. The normalized spacial score (nSPS) is 11.6. The van der Waals surface area contributed by atoms with Crippen molar-refractivity contribution in [1.82, 2.24) is 0 Å². The van der Waals surface area contributed by atoms with Crippen LogP contribution in [0.25, 0.3) is 88.0 Å². The van der Waals surface area contributed by atoms with Gasteiger partial charge in [0.1, 0.15) is 22.3 Å². The van der Waals surface area contributed by atoms with Crippen LogP contribution in [0.3, 0.4) is 0 Å². The third kappa shape index (κ3) is 5.28. The third-order valence-corrected chi connectivity index (χ3v) is 10.9. The molecule has 55 heavy (non-hydrogen) atoms. The number of fused-ring (bicyclic) bond motifs is 8. The number of hydrogen-bond acceptors (Lipinski definition) is 3. The number of rotatable bonds is 6. The van der Waals surface area contributed by atoms with E-state index in [1.165, 1.54) is 16.5 Å². The Balaban J connectivity index is 0.984. The Hall–Kier alpha value is -7.36. The summed E-state index contributed by atoms with van der Waals surface area (Å²) in [6.07, 6.45) is 0. The molecule has 0 N–H and O–H groups in total. The number of benzene rings is 9. The summed E-state index contributed by atoms with van der Waals surface area (Å²) in [4.78, 5) is 2.33. The molecule has 0 spiro atoms. The zero-order valence-corrected chi connectivity index (χ0v) is 29.8. The molecule has 11 rings (SSSR count). The molecule has 0 saturated heterocycles. The SMILES string of the molecule is c1ccc(-c2ccc(N(c3ccc(-c4ccc5oc6c7ccccc7ccc6c5c4)cc3)c3ccc(-c4cccc5oc6ccccc6c45)cc3)cc2)cc1. The van der Waals surface area contributed by atoms with Gasteiger partial charge in [0, 0.05) is 44.0 Å². The molecule has 2 heterocycles. The predicted octanol–water partition coefficient (Wildman–Crippen LogP) is 15.1. The van der Waals surface area contributed by atoms with E-state index in [0.29, 0.717) is 0 Å². The highest BCUT2D eigenvalue weighted by Gasteiger charge is 2.17. The molecule has 3 heteroatoms. The molecule has 11 aromatic rings. The lowest BCUT2D eigenvalue weighted by Crippen LogP contribution is -2.09. The van der Waals surface area contributed by atoms with E-state index in [-0.39, 0.29) is 0 Å². The standard InChI is InChI=1S/C52H33NO2/c1-2-9-34(10-3-1)35-17-25-40(26-18-35)53(42-29-21-38(22-30-42)43-14-8-16-50-51(43)46-13-6-7-15-48(46)54-50)41-27-19-36(20-28-41)39-24-32-49-47(33-39)45-31-23-37-11-4-5-12-44(37)52(45)55-49/h1-33H. The molecule has 0 unspecified atom stereocenters. The van der Waals surface area contributed by atoms with E-state index in [4.69, 9.17) is 8.83 Å². The Morgan fingerprint density at radius 2 is 0.873 bits per heavy atom. The summed E-state index contributed by atoms with van der Waals surface area (Å²) in [6, 6.07) is 71.0. The van der Waals surface area contributed by atoms with Crippen LogP contribution >= 0.6 is 0 Å². The molecule has 0 atom stereocenters. The van der Waals surface area contributed by atoms with Crippen molar-refractivity contribution >= 4 is 71.7 Å². The Morgan fingerprint density at radius 1 is 0.309 bits per heavy atom. The molecular weight excluding hydrogens is 671 g/mol. The fourth-order valence-corrected chi connectivity index (χ4v) is 8.17. The summed E-state index contributed by atoms with van der Waals surface area (Å²) < 4.78 is 12.6. The van der Waals surface area contributed by atoms with Crippen molar-refractivity contribution in [3.05, 3.63) is 200 Å². The summed E-state index contributed by atoms with van der Waals surface area (Å²) in [5.74, 6) is 0. The topological polar surface area (TPSA) is 29.5 Å². The number of furan rings is 2. The van der Waals surface area contributed by atoms with Gasteiger partial charge >= 0.3 is 0 Å². The largest absolute Gasteiger partial charge is 0.456 e. The van der Waals surface area contributed by atoms with Crippen LogP contribution in [0, 0.1) is 0 Å². The fourth-order valence-electron chi connectivity index (χ4n) is 8.17. The van der Waals surface area contributed by atoms with E-state index in [2.05, 4.69) is 193 Å². The van der Waals surface area contributed by atoms with Gasteiger partial charge in [-0.15, -0.1) is 0 Å². The van der Waals surface area contributed by atoms with Gasteiger partial charge in [-0.2, -0.15) is 0 Å². The fraction of sp³-hybridized carbons (Fsp3) is 0. The highest BCUT2D eigenvalue weighted by molar-refractivity contribution is 6.16. The minimum absolute atomic E-state index is 0.900. The molecular formula is C52H33NO2. The molecule has 0 radical (unpaired) electrons. The molecule has 2 aromatic heterocycles. The molecule has 258 valence electrons. The lowest BCUT2D eigenvalue weighted by Gasteiger charge is -2.26. The van der Waals surface area contributed by atoms with Crippen LogP contribution in [-0.4, -0.2) is 0 Å². The highest BCUT2D eigenvalue weighted by Crippen LogP contribution is 2.41. The Bertz CT molecular complexity index is 3170. The zero-order chi connectivity index (χ0) is 36.3. The maximum Gasteiger partial charge on any atom is 0.143 e. The quantitative estimate of drug-likeness (QED) is 0.173. The van der Waals surface area contributed by atoms with E-state index in [1.54, 1.807) is 0 Å². The minimum atomic E-state index is 0.900. The molecule has 0 aliphatic rings. The first-order valence-corrected chi connectivity index (χ1v) is 18.7. The minimum Gasteiger partial charge on any atom is -0.456 e. The Morgan fingerprint density at radius 3 is 1.62 bits per heavy atom. The van der Waals surface area contributed by atoms with E-state index >= 15 is 0 Å². The maximum absolute atomic E-state index is 6.40. The van der Waals surface area contributed by atoms with Crippen LogP contribution in [0.2, 0.25) is 0 Å². The Kier molecular flexibility index (Phi) is 7.17. The van der Waals surface area contributed by atoms with Crippen molar-refractivity contribution in [2.45, 2.75) is 0 Å². The second-order valence-corrected chi connectivity index (χ2v) is 14.1. The van der Waals surface area contributed by atoms with Gasteiger partial charge in [-0.3, -0.25) is 0 Å². The van der Waals surface area contributed by atoms with Gasteiger partial charge < -0.3 is 13.7 Å². The summed E-state index contributed by atoms with van der Waals surface area (Å²) in [7, 11) is 0. The van der Waals surface area contributed by atoms with Crippen LogP contribution in [0.1, 0.15) is 0 Å². The van der Waals surface area contributed by atoms with Gasteiger partial charge in [0.15, 0.2) is 0 Å². The molecule has 3 nitrogen and oxygen atoms in total. The van der Waals surface area contributed by atoms with Gasteiger partial charge in [-0.05, 0) is 105 Å². The van der Waals surface area contributed by atoms with Gasteiger partial charge in [0.2, 0.25) is 0 Å². The van der Waals surface area contributed by atoms with Crippen molar-refractivity contribution in [2.24, 2.45) is 0 Å². The van der Waals surface area contributed by atoms with E-state index < -0.39 is 0 Å². The van der Waals surface area contributed by atoms with Crippen molar-refractivity contribution in [2.75, 3.05) is 4.90 Å². The number of para-hydroxylation sites is 1. The maximum atomic E-state index is 6.40. The van der Waals surface area contributed by atoms with Crippen molar-refractivity contribution in [1.29, 1.82) is 0 Å². The van der Waals surface area contributed by atoms with Crippen molar-refractivity contribution in [3.63, 3.8) is 0 Å². The third-order valence-electron chi connectivity index (χ3n) is 10.9. The van der Waals surface area contributed by atoms with E-state index in [0.717, 1.165) is 88.6 Å². The molecule has 0 aliphatic carbocycles. The zero-order valence-electron chi connectivity index (χ0n) is 29.8. The molecule has 0 amide bonds. The van der Waals surface area contributed by atoms with E-state index in [9.17, 15) is 0 Å². The molecule has 0 aliphatic heterocycles. The summed E-state index contributed by atoms with van der Waals surface area (Å²) >= 11 is 0. The molecule has 9 aromatic carbocycles. The van der Waals surface area contributed by atoms with Crippen molar-refractivity contribution < 1.29 is 8.83 Å². The molecule has 0 bridgehead atoms. The first kappa shape index (κ1) is 31.2. The van der Waals surface area contributed by atoms with Crippen LogP contribution in [-0.2, 0) is 0 Å². The lowest BCUT2D eigenvalue weighted by molar-refractivity contribution is 0.669. The monoisotopic (exact) mass is 703 g/mol. The Labute approximate surface area is 317 Å². The lowest BCUT2D eigenvalue weighted by atomic mass is 9.98. The average Bonchev–Trinajstić information content (AvgIpc) is 3.83. The van der Waals surface area contributed by atoms with Crippen LogP contribution in [0.4, 0.5) is 17.1 Å². The summed E-state index contributed by atoms with van der Waals surface area (Å²) in [6.45, 7) is 0. The highest BCUT2D eigenvalue weighted by atomic mass is 16.3. The van der Waals surface area contributed by atoms with Crippen LogP contribution < -0.4 is 4.90 Å². The van der Waals surface area contributed by atoms with Crippen LogP contribution in [0.5, 0.6) is 0 Å². The van der Waals surface area contributed by atoms with Crippen LogP contribution in [0.15, 0.2) is 209 Å². The number of anilines is 3. The number of nitrogens with zero attached hydrogens (tertiary/aromatic N) is 1. The summed E-state index contributed by atoms with van der Waals surface area (Å²) in [5.41, 5.74) is 13.9. The van der Waals surface area contributed by atoms with Gasteiger partial charge in [-0.25, -0.2) is 0 Å². The van der Waals surface area contributed by atoms with Crippen molar-refractivity contribution in [3.8, 4) is 33.4 Å². The second kappa shape index (κ2) is 12.6.